The van der Waals surface area contributed by atoms with Crippen LogP contribution in [-0.2, 0) is 47.3 Å². The smallest absolute Gasteiger partial charge is 0.126 e. The molecule has 64 heavy (non-hydrogen) atoms. The minimum atomic E-state index is -0.133. The molecule has 0 aliphatic heterocycles. The van der Waals surface area contributed by atoms with Crippen molar-refractivity contribution in [2.75, 3.05) is 52.6 Å². The Labute approximate surface area is 387 Å². The summed E-state index contributed by atoms with van der Waals surface area (Å²) in [6.07, 6.45) is 5.45. The van der Waals surface area contributed by atoms with Crippen LogP contribution in [0.5, 0.6) is 23.0 Å². The molecule has 0 spiro atoms. The summed E-state index contributed by atoms with van der Waals surface area (Å²) in [5.74, 6) is 3.65. The van der Waals surface area contributed by atoms with E-state index in [0.29, 0.717) is 78.3 Å². The Morgan fingerprint density at radius 1 is 0.312 bits per heavy atom. The molecule has 4 aromatic carbocycles. The van der Waals surface area contributed by atoms with Crippen molar-refractivity contribution >= 4 is 0 Å². The Kier molecular flexibility index (Phi) is 17.1. The number of ether oxygens (including phenoxy) is 4. The Balaban J connectivity index is 2.01. The van der Waals surface area contributed by atoms with Crippen LogP contribution in [-0.4, -0.2) is 52.6 Å². The van der Waals surface area contributed by atoms with E-state index in [1.54, 1.807) is 0 Å². The molecule has 5 rings (SSSR count). The molecule has 4 aromatic rings. The summed E-state index contributed by atoms with van der Waals surface area (Å²) in [7, 11) is 0. The lowest BCUT2D eigenvalue weighted by molar-refractivity contribution is 0.300. The van der Waals surface area contributed by atoms with E-state index in [1.807, 2.05) is 0 Å². The molecule has 0 heterocycles. The Morgan fingerprint density at radius 3 is 0.594 bits per heavy atom. The van der Waals surface area contributed by atoms with Crippen molar-refractivity contribution in [1.82, 2.24) is 0 Å². The highest BCUT2D eigenvalue weighted by Crippen LogP contribution is 2.44. The largest absolute Gasteiger partial charge is 0.493 e. The molecule has 352 valence electrons. The molecule has 8 bridgehead atoms. The Bertz CT molecular complexity index is 1780. The number of rotatable bonds is 16. The molecule has 0 radical (unpaired) electrons. The molecule has 0 aromatic heterocycles. The summed E-state index contributed by atoms with van der Waals surface area (Å²) in [6.45, 7) is 31.8. The van der Waals surface area contributed by atoms with E-state index in [1.165, 1.54) is 22.3 Å². The van der Waals surface area contributed by atoms with Crippen molar-refractivity contribution < 1.29 is 18.9 Å². The Morgan fingerprint density at radius 2 is 0.469 bits per heavy atom. The van der Waals surface area contributed by atoms with E-state index in [2.05, 4.69) is 132 Å². The van der Waals surface area contributed by atoms with Crippen molar-refractivity contribution in [3.05, 3.63) is 115 Å². The third-order valence-electron chi connectivity index (χ3n) is 12.3. The topological polar surface area (TPSA) is 141 Å². The van der Waals surface area contributed by atoms with Gasteiger partial charge in [0.05, 0.1) is 26.4 Å². The molecule has 8 nitrogen and oxygen atoms in total. The van der Waals surface area contributed by atoms with Crippen LogP contribution in [0, 0.1) is 0 Å². The van der Waals surface area contributed by atoms with E-state index in [9.17, 15) is 0 Å². The lowest BCUT2D eigenvalue weighted by Gasteiger charge is -2.29. The van der Waals surface area contributed by atoms with Crippen molar-refractivity contribution in [3.8, 4) is 23.0 Å². The molecule has 1 aliphatic rings. The summed E-state index contributed by atoms with van der Waals surface area (Å²) in [5.41, 5.74) is 38.0. The first kappa shape index (κ1) is 50.9. The zero-order valence-electron chi connectivity index (χ0n) is 41.9. The molecule has 0 saturated heterocycles. The van der Waals surface area contributed by atoms with Gasteiger partial charge in [0, 0.05) is 25.7 Å². The van der Waals surface area contributed by atoms with Crippen LogP contribution in [0.4, 0.5) is 0 Å². The monoisotopic (exact) mass is 877 g/mol. The van der Waals surface area contributed by atoms with Crippen LogP contribution in [0.1, 0.15) is 176 Å². The lowest BCUT2D eigenvalue weighted by Crippen LogP contribution is -2.18. The van der Waals surface area contributed by atoms with Crippen molar-refractivity contribution in [3.63, 3.8) is 0 Å². The molecule has 8 N–H and O–H groups in total. The minimum absolute atomic E-state index is 0.133. The van der Waals surface area contributed by atoms with Gasteiger partial charge < -0.3 is 41.9 Å². The fourth-order valence-corrected chi connectivity index (χ4v) is 8.39. The highest BCUT2D eigenvalue weighted by molar-refractivity contribution is 5.60. The van der Waals surface area contributed by atoms with Crippen LogP contribution in [0.2, 0.25) is 0 Å². The highest BCUT2D eigenvalue weighted by Gasteiger charge is 2.29. The quantitative estimate of drug-likeness (QED) is 0.0718. The number of hydrogen-bond donors (Lipinski definition) is 4. The average Bonchev–Trinajstić information content (AvgIpc) is 3.19. The molecule has 0 fully saturated rings. The fourth-order valence-electron chi connectivity index (χ4n) is 8.39. The zero-order chi connectivity index (χ0) is 47.0. The number of nitrogens with two attached hydrogens (primary N) is 4. The predicted octanol–water partition coefficient (Wildman–Crippen LogP) is 10.5. The number of hydrogen-bond acceptors (Lipinski definition) is 8. The maximum absolute atomic E-state index is 6.96. The summed E-state index contributed by atoms with van der Waals surface area (Å²) in [6, 6.07) is 19.0. The van der Waals surface area contributed by atoms with Crippen LogP contribution >= 0.6 is 0 Å². The van der Waals surface area contributed by atoms with E-state index < -0.39 is 0 Å². The lowest BCUT2D eigenvalue weighted by atomic mass is 9.79. The molecule has 8 heteroatoms. The third-order valence-corrected chi connectivity index (χ3v) is 12.3. The van der Waals surface area contributed by atoms with Crippen LogP contribution in [0.25, 0.3) is 0 Å². The summed E-state index contributed by atoms with van der Waals surface area (Å²) in [5, 5.41) is 0. The molecule has 0 atom stereocenters. The molecule has 0 amide bonds. The van der Waals surface area contributed by atoms with Crippen molar-refractivity contribution in [2.24, 2.45) is 22.9 Å². The highest BCUT2D eigenvalue weighted by atomic mass is 16.5. The second-order valence-corrected chi connectivity index (χ2v) is 22.2. The van der Waals surface area contributed by atoms with Crippen molar-refractivity contribution in [2.45, 2.75) is 156 Å². The van der Waals surface area contributed by atoms with E-state index in [4.69, 9.17) is 41.9 Å². The van der Waals surface area contributed by atoms with Crippen LogP contribution in [0.3, 0.4) is 0 Å². The maximum Gasteiger partial charge on any atom is 0.126 e. The molecule has 1 aliphatic carbocycles. The van der Waals surface area contributed by atoms with Gasteiger partial charge in [-0.2, -0.15) is 0 Å². The average molecular weight is 877 g/mol. The van der Waals surface area contributed by atoms with Gasteiger partial charge in [-0.15, -0.1) is 0 Å². The van der Waals surface area contributed by atoms with E-state index in [-0.39, 0.29) is 21.7 Å². The van der Waals surface area contributed by atoms with Gasteiger partial charge in [0.15, 0.2) is 0 Å². The molecular weight excluding hydrogens is 793 g/mol. The molecule has 0 saturated carbocycles. The predicted molar refractivity (Wildman–Crippen MR) is 268 cm³/mol. The second kappa shape index (κ2) is 21.5. The molecular formula is C56H84N4O4. The first-order chi connectivity index (χ1) is 30.1. The first-order valence-electron chi connectivity index (χ1n) is 24.1. The first-order valence-corrected chi connectivity index (χ1v) is 24.1. The molecule has 0 unspecified atom stereocenters. The van der Waals surface area contributed by atoms with Gasteiger partial charge in [-0.1, -0.05) is 132 Å². The van der Waals surface area contributed by atoms with Gasteiger partial charge in [0.25, 0.3) is 0 Å². The second-order valence-electron chi connectivity index (χ2n) is 22.2. The van der Waals surface area contributed by atoms with Gasteiger partial charge in [-0.25, -0.2) is 0 Å². The maximum atomic E-state index is 6.96. The zero-order valence-corrected chi connectivity index (χ0v) is 41.9. The fraction of sp³-hybridized carbons (Fsp3) is 0.571. The summed E-state index contributed by atoms with van der Waals surface area (Å²) in [4.78, 5) is 0. The normalized spacial score (nSPS) is 13.5. The van der Waals surface area contributed by atoms with Gasteiger partial charge in [0.1, 0.15) is 23.0 Å². The SMILES string of the molecule is CC(C)(C)c1cc2c(OCCCN)c(c1)Cc1cc(C(C)(C)C)cc(c1OCCCN)Cc1cc(C(C)(C)C)cc(c1OCCCN)Cc1cc(C(C)(C)C)cc(c1OCCCN)C2. The van der Waals surface area contributed by atoms with Gasteiger partial charge in [-0.05, 0) is 140 Å². The van der Waals surface area contributed by atoms with Gasteiger partial charge >= 0.3 is 0 Å². The summed E-state index contributed by atoms with van der Waals surface area (Å²) < 4.78 is 27.8. The summed E-state index contributed by atoms with van der Waals surface area (Å²) >= 11 is 0. The van der Waals surface area contributed by atoms with Crippen LogP contribution in [0.15, 0.2) is 48.5 Å². The standard InChI is InChI=1S/C56H84N4O4/c1-53(2,3)45-29-37-25-39-31-46(54(4,5)6)33-41(50(39)62-22-14-18-58)27-43-35-48(56(10,11)12)36-44(52(43)64-24-16-20-60)28-42-34-47(55(7,8)9)32-40(51(42)63-23-15-19-59)26-38(30-45)49(37)61-21-13-17-57/h29-36H,13-28,57-60H2,1-12H3. The number of fused-ring (bicyclic) bond motifs is 8. The van der Waals surface area contributed by atoms with E-state index >= 15 is 0 Å². The van der Waals surface area contributed by atoms with Crippen LogP contribution < -0.4 is 41.9 Å². The van der Waals surface area contributed by atoms with E-state index in [0.717, 1.165) is 93.2 Å². The Hall–Kier alpha value is -4.08. The van der Waals surface area contributed by atoms with Gasteiger partial charge in [0.2, 0.25) is 0 Å². The van der Waals surface area contributed by atoms with Gasteiger partial charge in [-0.3, -0.25) is 0 Å². The third kappa shape index (κ3) is 13.0. The number of benzene rings is 4. The van der Waals surface area contributed by atoms with Crippen molar-refractivity contribution in [1.29, 1.82) is 0 Å². The minimum Gasteiger partial charge on any atom is -0.493 e.